The van der Waals surface area contributed by atoms with Crippen molar-refractivity contribution in [2.45, 2.75) is 19.4 Å². The Bertz CT molecular complexity index is 594. The van der Waals surface area contributed by atoms with Gasteiger partial charge < -0.3 is 19.6 Å². The molecular weight excluding hydrogens is 258 g/mol. The number of hydrogen-bond donors (Lipinski definition) is 2. The molecule has 0 aliphatic heterocycles. The number of amides is 1. The number of aliphatic hydroxyl groups is 1. The summed E-state index contributed by atoms with van der Waals surface area (Å²) in [5.74, 6) is -0.238. The SMILES string of the molecule is COCC(O)CCNC(=O)c1cn2c(C)cccc2n1. The van der Waals surface area contributed by atoms with Gasteiger partial charge in [0.25, 0.3) is 5.91 Å². The van der Waals surface area contributed by atoms with Crippen LogP contribution in [0.3, 0.4) is 0 Å². The topological polar surface area (TPSA) is 75.9 Å². The minimum Gasteiger partial charge on any atom is -0.391 e. The Kier molecular flexibility index (Phi) is 4.70. The van der Waals surface area contributed by atoms with Gasteiger partial charge in [0.1, 0.15) is 11.3 Å². The summed E-state index contributed by atoms with van der Waals surface area (Å²) in [4.78, 5) is 16.2. The van der Waals surface area contributed by atoms with Gasteiger partial charge in [-0.1, -0.05) is 6.07 Å². The van der Waals surface area contributed by atoms with Crippen LogP contribution in [0.4, 0.5) is 0 Å². The number of nitrogens with zero attached hydrogens (tertiary/aromatic N) is 2. The number of aliphatic hydroxyl groups excluding tert-OH is 1. The summed E-state index contributed by atoms with van der Waals surface area (Å²) in [6.07, 6.45) is 1.60. The average molecular weight is 277 g/mol. The van der Waals surface area contributed by atoms with Crippen LogP contribution in [0.2, 0.25) is 0 Å². The molecule has 1 unspecified atom stereocenters. The maximum absolute atomic E-state index is 12.0. The molecule has 6 nitrogen and oxygen atoms in total. The quantitative estimate of drug-likeness (QED) is 0.817. The van der Waals surface area contributed by atoms with Crippen molar-refractivity contribution in [3.63, 3.8) is 0 Å². The van der Waals surface area contributed by atoms with Gasteiger partial charge in [-0.3, -0.25) is 4.79 Å². The summed E-state index contributed by atoms with van der Waals surface area (Å²) in [6.45, 7) is 2.61. The molecule has 0 fully saturated rings. The first kappa shape index (κ1) is 14.5. The van der Waals surface area contributed by atoms with E-state index in [1.54, 1.807) is 6.20 Å². The molecule has 0 radical (unpaired) electrons. The molecule has 0 aliphatic rings. The molecule has 1 amide bonds. The zero-order chi connectivity index (χ0) is 14.5. The van der Waals surface area contributed by atoms with E-state index in [0.717, 1.165) is 11.3 Å². The van der Waals surface area contributed by atoms with Gasteiger partial charge in [-0.05, 0) is 25.5 Å². The molecule has 108 valence electrons. The lowest BCUT2D eigenvalue weighted by molar-refractivity contribution is 0.0587. The lowest BCUT2D eigenvalue weighted by atomic mass is 10.2. The number of carbonyl (C=O) groups is 1. The van der Waals surface area contributed by atoms with Crippen molar-refractivity contribution in [3.05, 3.63) is 35.8 Å². The lowest BCUT2D eigenvalue weighted by Gasteiger charge is -2.09. The van der Waals surface area contributed by atoms with Crippen LogP contribution < -0.4 is 5.32 Å². The van der Waals surface area contributed by atoms with Crippen LogP contribution in [0.1, 0.15) is 22.6 Å². The van der Waals surface area contributed by atoms with E-state index in [2.05, 4.69) is 10.3 Å². The fourth-order valence-corrected chi connectivity index (χ4v) is 1.98. The van der Waals surface area contributed by atoms with E-state index in [4.69, 9.17) is 4.74 Å². The van der Waals surface area contributed by atoms with E-state index in [1.165, 1.54) is 7.11 Å². The number of carbonyl (C=O) groups excluding carboxylic acids is 1. The number of aromatic nitrogens is 2. The fourth-order valence-electron chi connectivity index (χ4n) is 1.98. The molecular formula is C14H19N3O3. The number of methoxy groups -OCH3 is 1. The molecule has 2 rings (SSSR count). The molecule has 6 heteroatoms. The van der Waals surface area contributed by atoms with Crippen LogP contribution in [0.25, 0.3) is 5.65 Å². The van der Waals surface area contributed by atoms with E-state index in [-0.39, 0.29) is 12.5 Å². The first-order valence-corrected chi connectivity index (χ1v) is 6.51. The normalized spacial score (nSPS) is 12.6. The molecule has 2 N–H and O–H groups in total. The molecule has 0 aromatic carbocycles. The lowest BCUT2D eigenvalue weighted by Crippen LogP contribution is -2.28. The average Bonchev–Trinajstić information content (AvgIpc) is 2.84. The van der Waals surface area contributed by atoms with Crippen molar-refractivity contribution in [2.75, 3.05) is 20.3 Å². The van der Waals surface area contributed by atoms with Crippen molar-refractivity contribution < 1.29 is 14.6 Å². The third-order valence-corrected chi connectivity index (χ3v) is 3.05. The van der Waals surface area contributed by atoms with Crippen molar-refractivity contribution in [3.8, 4) is 0 Å². The predicted molar refractivity (Wildman–Crippen MR) is 74.8 cm³/mol. The van der Waals surface area contributed by atoms with Crippen molar-refractivity contribution in [1.82, 2.24) is 14.7 Å². The number of pyridine rings is 1. The highest BCUT2D eigenvalue weighted by Gasteiger charge is 2.11. The molecule has 0 spiro atoms. The molecule has 0 saturated heterocycles. The summed E-state index contributed by atoms with van der Waals surface area (Å²) in [5.41, 5.74) is 2.14. The van der Waals surface area contributed by atoms with E-state index < -0.39 is 6.10 Å². The Morgan fingerprint density at radius 3 is 3.05 bits per heavy atom. The minimum atomic E-state index is -0.566. The summed E-state index contributed by atoms with van der Waals surface area (Å²) < 4.78 is 6.69. The first-order valence-electron chi connectivity index (χ1n) is 6.51. The van der Waals surface area contributed by atoms with Gasteiger partial charge in [-0.25, -0.2) is 4.98 Å². The first-order chi connectivity index (χ1) is 9.61. The molecule has 2 aromatic rings. The molecule has 2 heterocycles. The van der Waals surface area contributed by atoms with Crippen LogP contribution >= 0.6 is 0 Å². The van der Waals surface area contributed by atoms with Crippen molar-refractivity contribution in [1.29, 1.82) is 0 Å². The maximum atomic E-state index is 12.0. The van der Waals surface area contributed by atoms with Crippen LogP contribution in [0.5, 0.6) is 0 Å². The largest absolute Gasteiger partial charge is 0.391 e. The standard InChI is InChI=1S/C14H19N3O3/c1-10-4-3-5-13-16-12(8-17(10)13)14(19)15-7-6-11(18)9-20-2/h3-5,8,11,18H,6-7,9H2,1-2H3,(H,15,19). The number of fused-ring (bicyclic) bond motifs is 1. The maximum Gasteiger partial charge on any atom is 0.271 e. The highest BCUT2D eigenvalue weighted by Crippen LogP contribution is 2.08. The Morgan fingerprint density at radius 2 is 2.35 bits per heavy atom. The van der Waals surface area contributed by atoms with Gasteiger partial charge in [0.2, 0.25) is 0 Å². The summed E-state index contributed by atoms with van der Waals surface area (Å²) in [7, 11) is 1.53. The molecule has 0 saturated carbocycles. The fraction of sp³-hybridized carbons (Fsp3) is 0.429. The van der Waals surface area contributed by atoms with E-state index >= 15 is 0 Å². The number of imidazole rings is 1. The van der Waals surface area contributed by atoms with E-state index in [1.807, 2.05) is 29.5 Å². The number of nitrogens with one attached hydrogen (secondary N) is 1. The second-order valence-electron chi connectivity index (χ2n) is 4.68. The summed E-state index contributed by atoms with van der Waals surface area (Å²) >= 11 is 0. The smallest absolute Gasteiger partial charge is 0.271 e. The molecule has 2 aromatic heterocycles. The van der Waals surface area contributed by atoms with Gasteiger partial charge in [0, 0.05) is 25.5 Å². The van der Waals surface area contributed by atoms with Gasteiger partial charge in [-0.2, -0.15) is 0 Å². The van der Waals surface area contributed by atoms with Gasteiger partial charge >= 0.3 is 0 Å². The summed E-state index contributed by atoms with van der Waals surface area (Å²) in [5, 5.41) is 12.2. The highest BCUT2D eigenvalue weighted by atomic mass is 16.5. The zero-order valence-electron chi connectivity index (χ0n) is 11.7. The Balaban J connectivity index is 1.96. The molecule has 1 atom stereocenters. The Labute approximate surface area is 117 Å². The second kappa shape index (κ2) is 6.49. The number of rotatable bonds is 6. The van der Waals surface area contributed by atoms with Gasteiger partial charge in [-0.15, -0.1) is 0 Å². The second-order valence-corrected chi connectivity index (χ2v) is 4.68. The highest BCUT2D eigenvalue weighted by molar-refractivity contribution is 5.92. The van der Waals surface area contributed by atoms with Gasteiger partial charge in [0.15, 0.2) is 0 Å². The Morgan fingerprint density at radius 1 is 1.55 bits per heavy atom. The van der Waals surface area contributed by atoms with Crippen molar-refractivity contribution in [2.24, 2.45) is 0 Å². The monoisotopic (exact) mass is 277 g/mol. The number of hydrogen-bond acceptors (Lipinski definition) is 4. The van der Waals surface area contributed by atoms with Crippen LogP contribution in [-0.4, -0.2) is 46.8 Å². The van der Waals surface area contributed by atoms with E-state index in [9.17, 15) is 9.90 Å². The van der Waals surface area contributed by atoms with E-state index in [0.29, 0.717) is 18.7 Å². The summed E-state index contributed by atoms with van der Waals surface area (Å²) in [6, 6.07) is 5.71. The molecule has 20 heavy (non-hydrogen) atoms. The van der Waals surface area contributed by atoms with Crippen LogP contribution in [0, 0.1) is 6.92 Å². The minimum absolute atomic E-state index is 0.238. The third kappa shape index (κ3) is 3.34. The third-order valence-electron chi connectivity index (χ3n) is 3.05. The number of aryl methyl sites for hydroxylation is 1. The molecule has 0 bridgehead atoms. The van der Waals surface area contributed by atoms with Crippen molar-refractivity contribution >= 4 is 11.6 Å². The zero-order valence-corrected chi connectivity index (χ0v) is 11.7. The van der Waals surface area contributed by atoms with Gasteiger partial charge in [0.05, 0.1) is 12.7 Å². The molecule has 0 aliphatic carbocycles. The predicted octanol–water partition coefficient (Wildman–Crippen LogP) is 0.770. The van der Waals surface area contributed by atoms with Crippen LogP contribution in [0.15, 0.2) is 24.4 Å². The van der Waals surface area contributed by atoms with Crippen LogP contribution in [-0.2, 0) is 4.74 Å². The Hall–Kier alpha value is -1.92. The number of ether oxygens (including phenoxy) is 1.